The average molecular weight is 593 g/mol. The second kappa shape index (κ2) is 11.9. The van der Waals surface area contributed by atoms with Gasteiger partial charge in [-0.05, 0) is 69.4 Å². The van der Waals surface area contributed by atoms with Crippen LogP contribution in [0.25, 0.3) is 0 Å². The van der Waals surface area contributed by atoms with Crippen molar-refractivity contribution in [1.29, 1.82) is 0 Å². The summed E-state index contributed by atoms with van der Waals surface area (Å²) in [5.41, 5.74) is 2.87. The maximum atomic E-state index is 13.9. The van der Waals surface area contributed by atoms with Crippen LogP contribution in [0.4, 0.5) is 13.8 Å². The van der Waals surface area contributed by atoms with E-state index in [1.807, 2.05) is 0 Å². The summed E-state index contributed by atoms with van der Waals surface area (Å²) >= 11 is 4.78. The number of benzene rings is 2. The van der Waals surface area contributed by atoms with Crippen LogP contribution in [0.15, 0.2) is 52.6 Å². The maximum absolute atomic E-state index is 13.9. The summed E-state index contributed by atoms with van der Waals surface area (Å²) in [7, 11) is 0. The number of nitrogens with zero attached hydrogens (tertiary/aromatic N) is 1. The summed E-state index contributed by atoms with van der Waals surface area (Å²) in [6.07, 6.45) is 6.61. The number of rotatable bonds is 9. The molecule has 2 atom stereocenters. The van der Waals surface area contributed by atoms with Gasteiger partial charge >= 0.3 is 0 Å². The average Bonchev–Trinajstić information content (AvgIpc) is 3.26. The second-order valence-electron chi connectivity index (χ2n) is 11.1. The SMILES string of the molecule is CC(C)(C)c1cccc(C2(NCC(O)C(Cc3cc(F)cc(F)c3)Nc3cnc(Br)s3)CCCCC2)c1. The van der Waals surface area contributed by atoms with Gasteiger partial charge in [0.05, 0.1) is 18.3 Å². The normalized spacial score (nSPS) is 17.4. The fraction of sp³-hybridized carbons (Fsp3) is 0.483. The molecule has 1 aliphatic carbocycles. The van der Waals surface area contributed by atoms with E-state index in [1.54, 1.807) is 6.20 Å². The van der Waals surface area contributed by atoms with E-state index >= 15 is 0 Å². The third-order valence-electron chi connectivity index (χ3n) is 7.29. The topological polar surface area (TPSA) is 57.2 Å². The van der Waals surface area contributed by atoms with Gasteiger partial charge in [0.25, 0.3) is 0 Å². The van der Waals surface area contributed by atoms with E-state index in [1.165, 1.54) is 41.0 Å². The predicted octanol–water partition coefficient (Wildman–Crippen LogP) is 7.31. The molecule has 3 N–H and O–H groups in total. The highest BCUT2D eigenvalue weighted by molar-refractivity contribution is 9.11. The molecule has 3 aromatic rings. The predicted molar refractivity (Wildman–Crippen MR) is 151 cm³/mol. The zero-order chi connectivity index (χ0) is 26.6. The molecule has 4 rings (SSSR count). The van der Waals surface area contributed by atoms with Crippen LogP contribution >= 0.6 is 27.3 Å². The van der Waals surface area contributed by atoms with Gasteiger partial charge in [-0.2, -0.15) is 0 Å². The molecule has 1 heterocycles. The van der Waals surface area contributed by atoms with Gasteiger partial charge in [0.2, 0.25) is 0 Å². The molecular formula is C29H36BrF2N3OS. The van der Waals surface area contributed by atoms with Crippen molar-refractivity contribution in [2.75, 3.05) is 11.9 Å². The lowest BCUT2D eigenvalue weighted by molar-refractivity contribution is 0.122. The maximum Gasteiger partial charge on any atom is 0.161 e. The number of halogens is 3. The van der Waals surface area contributed by atoms with Gasteiger partial charge in [0.1, 0.15) is 16.6 Å². The lowest BCUT2D eigenvalue weighted by atomic mass is 9.74. The smallest absolute Gasteiger partial charge is 0.161 e. The first-order chi connectivity index (χ1) is 17.5. The molecule has 37 heavy (non-hydrogen) atoms. The number of hydrogen-bond donors (Lipinski definition) is 3. The van der Waals surface area contributed by atoms with E-state index in [0.29, 0.717) is 12.1 Å². The van der Waals surface area contributed by atoms with Gasteiger partial charge < -0.3 is 15.7 Å². The fourth-order valence-electron chi connectivity index (χ4n) is 5.22. The van der Waals surface area contributed by atoms with E-state index in [9.17, 15) is 13.9 Å². The minimum Gasteiger partial charge on any atom is -0.390 e. The number of nitrogens with one attached hydrogen (secondary N) is 2. The first-order valence-electron chi connectivity index (χ1n) is 12.9. The molecule has 2 aromatic carbocycles. The number of hydrogen-bond acceptors (Lipinski definition) is 5. The number of thiazole rings is 1. The van der Waals surface area contributed by atoms with Crippen LogP contribution in [0.3, 0.4) is 0 Å². The van der Waals surface area contributed by atoms with Gasteiger partial charge in [0.15, 0.2) is 3.92 Å². The molecule has 1 aliphatic rings. The number of anilines is 1. The van der Waals surface area contributed by atoms with Gasteiger partial charge in [0, 0.05) is 18.2 Å². The van der Waals surface area contributed by atoms with E-state index in [4.69, 9.17) is 0 Å². The summed E-state index contributed by atoms with van der Waals surface area (Å²) in [6, 6.07) is 11.9. The first-order valence-corrected chi connectivity index (χ1v) is 14.5. The molecule has 1 aromatic heterocycles. The highest BCUT2D eigenvalue weighted by Gasteiger charge is 2.35. The van der Waals surface area contributed by atoms with Gasteiger partial charge in [-0.25, -0.2) is 13.8 Å². The van der Waals surface area contributed by atoms with E-state index < -0.39 is 23.8 Å². The molecule has 1 fully saturated rings. The lowest BCUT2D eigenvalue weighted by Gasteiger charge is -2.41. The Bertz CT molecular complexity index is 1170. The minimum absolute atomic E-state index is 0.0453. The molecule has 200 valence electrons. The monoisotopic (exact) mass is 591 g/mol. The van der Waals surface area contributed by atoms with Crippen molar-refractivity contribution in [3.05, 3.63) is 80.9 Å². The summed E-state index contributed by atoms with van der Waals surface area (Å²) in [5.74, 6) is -1.25. The third kappa shape index (κ3) is 7.37. The third-order valence-corrected chi connectivity index (χ3v) is 8.69. The zero-order valence-corrected chi connectivity index (χ0v) is 24.1. The van der Waals surface area contributed by atoms with Crippen molar-refractivity contribution in [3.63, 3.8) is 0 Å². The highest BCUT2D eigenvalue weighted by atomic mass is 79.9. The second-order valence-corrected chi connectivity index (χ2v) is 13.4. The van der Waals surface area contributed by atoms with Crippen molar-refractivity contribution in [1.82, 2.24) is 10.3 Å². The first kappa shape index (κ1) is 28.1. The standard InChI is InChI=1S/C29H36BrF2N3OS/c1-28(2,3)20-8-7-9-21(15-20)29(10-5-4-6-11-29)34-17-25(36)24(35-26-18-33-27(30)37-26)14-19-12-22(31)16-23(32)13-19/h7-9,12-13,15-16,18,24-25,34-36H,4-6,10-11,14,17H2,1-3H3. The summed E-state index contributed by atoms with van der Waals surface area (Å²) in [4.78, 5) is 4.22. The van der Waals surface area contributed by atoms with Crippen molar-refractivity contribution in [3.8, 4) is 0 Å². The van der Waals surface area contributed by atoms with Crippen molar-refractivity contribution >= 4 is 32.3 Å². The Morgan fingerprint density at radius 2 is 1.78 bits per heavy atom. The molecule has 8 heteroatoms. The van der Waals surface area contributed by atoms with Crippen LogP contribution < -0.4 is 10.6 Å². The molecule has 2 unspecified atom stereocenters. The van der Waals surface area contributed by atoms with Gasteiger partial charge in [-0.1, -0.05) is 75.6 Å². The Labute approximate surface area is 231 Å². The van der Waals surface area contributed by atoms with Crippen LogP contribution in [-0.4, -0.2) is 28.8 Å². The van der Waals surface area contributed by atoms with Crippen LogP contribution in [0.2, 0.25) is 0 Å². The fourth-order valence-corrected chi connectivity index (χ4v) is 6.44. The Hall–Kier alpha value is -1.87. The molecule has 0 radical (unpaired) electrons. The summed E-state index contributed by atoms with van der Waals surface area (Å²) in [6.45, 7) is 7.01. The quantitative estimate of drug-likeness (QED) is 0.244. The molecule has 0 saturated heterocycles. The molecule has 0 amide bonds. The van der Waals surface area contributed by atoms with Gasteiger partial charge in [-0.15, -0.1) is 0 Å². The lowest BCUT2D eigenvalue weighted by Crippen LogP contribution is -2.50. The largest absolute Gasteiger partial charge is 0.390 e. The molecule has 0 aliphatic heterocycles. The number of aliphatic hydroxyl groups is 1. The minimum atomic E-state index is -0.809. The van der Waals surface area contributed by atoms with E-state index in [2.05, 4.69) is 76.6 Å². The van der Waals surface area contributed by atoms with Crippen molar-refractivity contribution in [2.24, 2.45) is 0 Å². The summed E-state index contributed by atoms with van der Waals surface area (Å²) < 4.78 is 28.5. The van der Waals surface area contributed by atoms with Crippen LogP contribution in [0, 0.1) is 11.6 Å². The van der Waals surface area contributed by atoms with Crippen LogP contribution in [-0.2, 0) is 17.4 Å². The number of aliphatic hydroxyl groups excluding tert-OH is 1. The Morgan fingerprint density at radius 3 is 2.41 bits per heavy atom. The molecule has 0 spiro atoms. The highest BCUT2D eigenvalue weighted by Crippen LogP contribution is 2.39. The van der Waals surface area contributed by atoms with Crippen molar-refractivity contribution < 1.29 is 13.9 Å². The van der Waals surface area contributed by atoms with Crippen LogP contribution in [0.1, 0.15) is 69.6 Å². The molecule has 4 nitrogen and oxygen atoms in total. The van der Waals surface area contributed by atoms with Gasteiger partial charge in [-0.3, -0.25) is 0 Å². The van der Waals surface area contributed by atoms with Crippen LogP contribution in [0.5, 0.6) is 0 Å². The molecule has 1 saturated carbocycles. The van der Waals surface area contributed by atoms with E-state index in [-0.39, 0.29) is 17.4 Å². The van der Waals surface area contributed by atoms with E-state index in [0.717, 1.165) is 40.7 Å². The molecule has 0 bridgehead atoms. The number of aromatic nitrogens is 1. The Balaban J connectivity index is 1.56. The summed E-state index contributed by atoms with van der Waals surface area (Å²) in [5, 5.41) is 19.3. The Morgan fingerprint density at radius 1 is 1.08 bits per heavy atom. The Kier molecular flexibility index (Phi) is 9.04. The zero-order valence-electron chi connectivity index (χ0n) is 21.7. The van der Waals surface area contributed by atoms with Crippen molar-refractivity contribution in [2.45, 2.75) is 82.4 Å². The molecular weight excluding hydrogens is 556 g/mol.